The van der Waals surface area contributed by atoms with Crippen molar-refractivity contribution < 1.29 is 23.1 Å². The van der Waals surface area contributed by atoms with Crippen molar-refractivity contribution in [2.45, 2.75) is 0 Å². The Bertz CT molecular complexity index is 799. The number of allylic oxidation sites excluding steroid dienone is 1. The van der Waals surface area contributed by atoms with Crippen LogP contribution < -0.4 is 4.74 Å². The van der Waals surface area contributed by atoms with Crippen LogP contribution >= 0.6 is 0 Å². The fourth-order valence-corrected chi connectivity index (χ4v) is 1.89. The molecule has 0 radical (unpaired) electrons. The lowest BCUT2D eigenvalue weighted by molar-refractivity contribution is -0.130. The molecule has 0 aromatic heterocycles. The van der Waals surface area contributed by atoms with E-state index in [9.17, 15) is 18.4 Å². The summed E-state index contributed by atoms with van der Waals surface area (Å²) in [6.07, 6.45) is 2.39. The molecular weight excluding hydrogens is 328 g/mol. The molecule has 0 unspecified atom stereocenters. The monoisotopic (exact) mass is 345 g/mol. The molecule has 2 rings (SSSR count). The first-order valence-corrected chi connectivity index (χ1v) is 7.47. The summed E-state index contributed by atoms with van der Waals surface area (Å²) in [4.78, 5) is 24.9. The molecule has 0 aliphatic heterocycles. The van der Waals surface area contributed by atoms with Crippen LogP contribution in [0, 0.1) is 11.6 Å². The van der Waals surface area contributed by atoms with Gasteiger partial charge in [0.15, 0.2) is 12.4 Å². The highest BCUT2D eigenvalue weighted by Gasteiger charge is 2.07. The fraction of sp³-hybridized carbons (Fsp3) is 0.158. The lowest BCUT2D eigenvalue weighted by Gasteiger charge is -2.11. The fourth-order valence-electron chi connectivity index (χ4n) is 1.89. The molecule has 0 heterocycles. The number of hydrogen-bond acceptors (Lipinski definition) is 3. The van der Waals surface area contributed by atoms with Crippen molar-refractivity contribution >= 4 is 17.8 Å². The zero-order chi connectivity index (χ0) is 18.4. The van der Waals surface area contributed by atoms with Crippen molar-refractivity contribution in [1.29, 1.82) is 0 Å². The SMILES string of the molecule is CN(C)C(=O)COc1ccc(C(=O)/C=C/c2cc(F)ccc2F)cc1. The highest BCUT2D eigenvalue weighted by molar-refractivity contribution is 6.06. The van der Waals surface area contributed by atoms with Gasteiger partial charge in [0.2, 0.25) is 0 Å². The van der Waals surface area contributed by atoms with Gasteiger partial charge in [0.25, 0.3) is 5.91 Å². The van der Waals surface area contributed by atoms with Gasteiger partial charge in [0.05, 0.1) is 0 Å². The number of rotatable bonds is 6. The first kappa shape index (κ1) is 18.3. The number of halogens is 2. The molecule has 0 atom stereocenters. The van der Waals surface area contributed by atoms with Crippen LogP contribution in [0.25, 0.3) is 6.08 Å². The van der Waals surface area contributed by atoms with Gasteiger partial charge in [-0.25, -0.2) is 8.78 Å². The number of carbonyl (C=O) groups is 2. The van der Waals surface area contributed by atoms with Crippen LogP contribution in [0.3, 0.4) is 0 Å². The summed E-state index contributed by atoms with van der Waals surface area (Å²) in [7, 11) is 3.25. The summed E-state index contributed by atoms with van der Waals surface area (Å²) in [5.74, 6) is -1.28. The summed E-state index contributed by atoms with van der Waals surface area (Å²) in [6.45, 7) is -0.0982. The first-order chi connectivity index (χ1) is 11.9. The average Bonchev–Trinajstić information content (AvgIpc) is 2.60. The molecule has 0 fully saturated rings. The average molecular weight is 345 g/mol. The van der Waals surface area contributed by atoms with Crippen molar-refractivity contribution in [1.82, 2.24) is 4.90 Å². The molecule has 2 aromatic carbocycles. The van der Waals surface area contributed by atoms with Gasteiger partial charge in [0, 0.05) is 25.2 Å². The van der Waals surface area contributed by atoms with Crippen LogP contribution in [0.2, 0.25) is 0 Å². The Morgan fingerprint density at radius 3 is 2.40 bits per heavy atom. The van der Waals surface area contributed by atoms with E-state index < -0.39 is 11.6 Å². The molecule has 4 nitrogen and oxygen atoms in total. The maximum atomic E-state index is 13.5. The minimum atomic E-state index is -0.611. The third kappa shape index (κ3) is 5.24. The molecule has 0 saturated carbocycles. The Morgan fingerprint density at radius 1 is 1.08 bits per heavy atom. The molecule has 0 N–H and O–H groups in total. The number of amides is 1. The number of hydrogen-bond donors (Lipinski definition) is 0. The van der Waals surface area contributed by atoms with E-state index in [1.165, 1.54) is 29.2 Å². The van der Waals surface area contributed by atoms with Crippen LogP contribution in [-0.2, 0) is 4.79 Å². The van der Waals surface area contributed by atoms with Gasteiger partial charge in [-0.2, -0.15) is 0 Å². The summed E-state index contributed by atoms with van der Waals surface area (Å²) in [5, 5.41) is 0. The van der Waals surface area contributed by atoms with E-state index in [1.54, 1.807) is 26.2 Å². The summed E-state index contributed by atoms with van der Waals surface area (Å²) < 4.78 is 31.9. The van der Waals surface area contributed by atoms with E-state index in [0.29, 0.717) is 11.3 Å². The molecule has 6 heteroatoms. The molecule has 25 heavy (non-hydrogen) atoms. The van der Waals surface area contributed by atoms with Crippen molar-refractivity contribution in [3.8, 4) is 5.75 Å². The minimum absolute atomic E-state index is 0.00417. The number of ether oxygens (including phenoxy) is 1. The van der Waals surface area contributed by atoms with Crippen LogP contribution in [0.15, 0.2) is 48.5 Å². The Kier molecular flexibility index (Phi) is 6.00. The van der Waals surface area contributed by atoms with Crippen molar-refractivity contribution in [2.24, 2.45) is 0 Å². The molecule has 1 amide bonds. The van der Waals surface area contributed by atoms with Gasteiger partial charge in [0.1, 0.15) is 17.4 Å². The summed E-state index contributed by atoms with van der Waals surface area (Å²) in [5.41, 5.74) is 0.356. The number of likely N-dealkylation sites (N-methyl/N-ethyl adjacent to an activating group) is 1. The molecule has 0 aliphatic carbocycles. The van der Waals surface area contributed by atoms with Gasteiger partial charge in [-0.05, 0) is 54.6 Å². The third-order valence-corrected chi connectivity index (χ3v) is 3.37. The summed E-state index contributed by atoms with van der Waals surface area (Å²) in [6, 6.07) is 9.21. The second kappa shape index (κ2) is 8.19. The molecule has 0 spiro atoms. The number of carbonyl (C=O) groups excluding carboxylic acids is 2. The molecule has 130 valence electrons. The lowest BCUT2D eigenvalue weighted by atomic mass is 10.1. The van der Waals surface area contributed by atoms with E-state index in [2.05, 4.69) is 0 Å². The number of benzene rings is 2. The van der Waals surface area contributed by atoms with Gasteiger partial charge < -0.3 is 9.64 Å². The lowest BCUT2D eigenvalue weighted by Crippen LogP contribution is -2.27. The van der Waals surface area contributed by atoms with Gasteiger partial charge >= 0.3 is 0 Å². The van der Waals surface area contributed by atoms with Crippen molar-refractivity contribution in [3.63, 3.8) is 0 Å². The maximum Gasteiger partial charge on any atom is 0.259 e. The quantitative estimate of drug-likeness (QED) is 0.596. The topological polar surface area (TPSA) is 46.6 Å². The van der Waals surface area contributed by atoms with E-state index in [0.717, 1.165) is 18.2 Å². The smallest absolute Gasteiger partial charge is 0.259 e. The van der Waals surface area contributed by atoms with E-state index >= 15 is 0 Å². The predicted molar refractivity (Wildman–Crippen MR) is 90.4 cm³/mol. The highest BCUT2D eigenvalue weighted by atomic mass is 19.1. The van der Waals surface area contributed by atoms with Gasteiger partial charge in [-0.3, -0.25) is 9.59 Å². The molecule has 0 bridgehead atoms. The molecule has 0 aliphatic rings. The number of nitrogens with zero attached hydrogens (tertiary/aromatic N) is 1. The van der Waals surface area contributed by atoms with Crippen LogP contribution in [0.1, 0.15) is 15.9 Å². The molecular formula is C19H17F2NO3. The maximum absolute atomic E-state index is 13.5. The second-order valence-corrected chi connectivity index (χ2v) is 5.46. The Hall–Kier alpha value is -3.02. The standard InChI is InChI=1S/C19H17F2NO3/c1-22(2)19(24)12-25-16-7-3-13(4-8-16)18(23)10-5-14-11-15(20)6-9-17(14)21/h3-11H,12H2,1-2H3/b10-5+. The molecule has 2 aromatic rings. The minimum Gasteiger partial charge on any atom is -0.484 e. The zero-order valence-corrected chi connectivity index (χ0v) is 13.8. The Balaban J connectivity index is 2.01. The summed E-state index contributed by atoms with van der Waals surface area (Å²) >= 11 is 0. The van der Waals surface area contributed by atoms with Crippen molar-refractivity contribution in [3.05, 3.63) is 71.3 Å². The first-order valence-electron chi connectivity index (χ1n) is 7.47. The normalized spacial score (nSPS) is 10.7. The Labute approximate surface area is 144 Å². The van der Waals surface area contributed by atoms with Crippen LogP contribution in [0.5, 0.6) is 5.75 Å². The number of ketones is 1. The van der Waals surface area contributed by atoms with Crippen LogP contribution in [0.4, 0.5) is 8.78 Å². The Morgan fingerprint density at radius 2 is 1.76 bits per heavy atom. The largest absolute Gasteiger partial charge is 0.484 e. The van der Waals surface area contributed by atoms with Crippen molar-refractivity contribution in [2.75, 3.05) is 20.7 Å². The van der Waals surface area contributed by atoms with E-state index in [-0.39, 0.29) is 23.9 Å². The van der Waals surface area contributed by atoms with Gasteiger partial charge in [-0.1, -0.05) is 0 Å². The van der Waals surface area contributed by atoms with Gasteiger partial charge in [-0.15, -0.1) is 0 Å². The zero-order valence-electron chi connectivity index (χ0n) is 13.8. The second-order valence-electron chi connectivity index (χ2n) is 5.46. The van der Waals surface area contributed by atoms with Crippen LogP contribution in [-0.4, -0.2) is 37.3 Å². The predicted octanol–water partition coefficient (Wildman–Crippen LogP) is 3.33. The third-order valence-electron chi connectivity index (χ3n) is 3.37. The van der Waals surface area contributed by atoms with E-state index in [1.807, 2.05) is 0 Å². The van der Waals surface area contributed by atoms with E-state index in [4.69, 9.17) is 4.74 Å². The molecule has 0 saturated heterocycles. The highest BCUT2D eigenvalue weighted by Crippen LogP contribution is 2.15.